The van der Waals surface area contributed by atoms with Crippen LogP contribution in [0.1, 0.15) is 5.56 Å². The summed E-state index contributed by atoms with van der Waals surface area (Å²) in [4.78, 5) is 10.1. The van der Waals surface area contributed by atoms with Crippen molar-refractivity contribution in [2.45, 2.75) is 0 Å². The molecule has 0 amide bonds. The second kappa shape index (κ2) is 4.79. The zero-order valence-electron chi connectivity index (χ0n) is 8.51. The van der Waals surface area contributed by atoms with E-state index in [9.17, 15) is 10.1 Å². The number of rotatable bonds is 3. The van der Waals surface area contributed by atoms with E-state index in [0.717, 1.165) is 6.08 Å². The summed E-state index contributed by atoms with van der Waals surface area (Å²) in [6.07, 6.45) is 1.15. The molecule has 0 aliphatic carbocycles. The van der Waals surface area contributed by atoms with Gasteiger partial charge in [-0.25, -0.2) is 0 Å². The molecule has 6 nitrogen and oxygen atoms in total. The van der Waals surface area contributed by atoms with Crippen molar-refractivity contribution in [1.82, 2.24) is 0 Å². The summed E-state index contributed by atoms with van der Waals surface area (Å²) in [6.45, 7) is 0. The molecule has 2 N–H and O–H groups in total. The molecule has 82 valence electrons. The predicted molar refractivity (Wildman–Crippen MR) is 57.4 cm³/mol. The highest BCUT2D eigenvalue weighted by Gasteiger charge is 2.15. The lowest BCUT2D eigenvalue weighted by Gasteiger charge is -2.04. The molecule has 6 heteroatoms. The van der Waals surface area contributed by atoms with E-state index in [0.29, 0.717) is 5.56 Å². The first-order valence-electron chi connectivity index (χ1n) is 4.28. The van der Waals surface area contributed by atoms with Gasteiger partial charge < -0.3 is 10.5 Å². The molecule has 0 heterocycles. The Labute approximate surface area is 91.7 Å². The zero-order valence-corrected chi connectivity index (χ0v) is 8.51. The van der Waals surface area contributed by atoms with Crippen molar-refractivity contribution in [2.24, 2.45) is 5.73 Å². The third-order valence-electron chi connectivity index (χ3n) is 1.93. The van der Waals surface area contributed by atoms with Crippen LogP contribution in [-0.2, 0) is 0 Å². The molecule has 1 rings (SSSR count). The number of hydrogen-bond donors (Lipinski definition) is 1. The molecule has 0 radical (unpaired) electrons. The van der Waals surface area contributed by atoms with Crippen LogP contribution in [0, 0.1) is 21.4 Å². The lowest BCUT2D eigenvalue weighted by Crippen LogP contribution is -1.99. The summed E-state index contributed by atoms with van der Waals surface area (Å²) in [7, 11) is 1.33. The molecule has 0 aliphatic rings. The Balaban J connectivity index is 3.25. The molecule has 0 bridgehead atoms. The third-order valence-corrected chi connectivity index (χ3v) is 1.93. The fraction of sp³-hybridized carbons (Fsp3) is 0.100. The second-order valence-corrected chi connectivity index (χ2v) is 2.87. The van der Waals surface area contributed by atoms with Gasteiger partial charge in [-0.3, -0.25) is 10.1 Å². The number of ether oxygens (including phenoxy) is 1. The van der Waals surface area contributed by atoms with Gasteiger partial charge in [0, 0.05) is 23.4 Å². The smallest absolute Gasteiger partial charge is 0.310 e. The largest absolute Gasteiger partial charge is 0.490 e. The maximum Gasteiger partial charge on any atom is 0.310 e. The number of nitrogens with zero attached hydrogens (tertiary/aromatic N) is 2. The number of benzene rings is 1. The molecule has 0 fully saturated rings. The van der Waals surface area contributed by atoms with Gasteiger partial charge in [0.25, 0.3) is 0 Å². The molecule has 0 aromatic heterocycles. The van der Waals surface area contributed by atoms with E-state index in [-0.39, 0.29) is 17.1 Å². The van der Waals surface area contributed by atoms with E-state index < -0.39 is 4.92 Å². The van der Waals surface area contributed by atoms with Crippen molar-refractivity contribution in [1.29, 1.82) is 5.26 Å². The highest BCUT2D eigenvalue weighted by Crippen LogP contribution is 2.28. The van der Waals surface area contributed by atoms with E-state index in [1.807, 2.05) is 0 Å². The molecular formula is C10H9N3O3. The fourth-order valence-corrected chi connectivity index (χ4v) is 1.16. The SMILES string of the molecule is COc1cc(/C(N)=C/C#N)ccc1[N+](=O)[O-]. The number of hydrogen-bond acceptors (Lipinski definition) is 5. The Kier molecular flexibility index (Phi) is 3.45. The van der Waals surface area contributed by atoms with Crippen molar-refractivity contribution in [3.05, 3.63) is 40.0 Å². The van der Waals surface area contributed by atoms with Crippen molar-refractivity contribution in [2.75, 3.05) is 7.11 Å². The van der Waals surface area contributed by atoms with Crippen LogP contribution in [0.5, 0.6) is 5.75 Å². The highest BCUT2D eigenvalue weighted by atomic mass is 16.6. The van der Waals surface area contributed by atoms with Gasteiger partial charge >= 0.3 is 5.69 Å². The summed E-state index contributed by atoms with van der Waals surface area (Å²) in [5, 5.41) is 19.0. The van der Waals surface area contributed by atoms with Crippen LogP contribution in [0.4, 0.5) is 5.69 Å². The molecule has 0 saturated heterocycles. The van der Waals surface area contributed by atoms with Crippen LogP contribution in [0.3, 0.4) is 0 Å². The second-order valence-electron chi connectivity index (χ2n) is 2.87. The monoisotopic (exact) mass is 219 g/mol. The Bertz CT molecular complexity index is 489. The normalized spacial score (nSPS) is 10.6. The van der Waals surface area contributed by atoms with E-state index in [1.54, 1.807) is 6.07 Å². The molecule has 16 heavy (non-hydrogen) atoms. The van der Waals surface area contributed by atoms with E-state index >= 15 is 0 Å². The number of nitro groups is 1. The topological polar surface area (TPSA) is 102 Å². The van der Waals surface area contributed by atoms with Gasteiger partial charge in [0.15, 0.2) is 5.75 Å². The molecule has 1 aromatic rings. The molecule has 0 aliphatic heterocycles. The molecule has 0 atom stereocenters. The maximum absolute atomic E-state index is 10.6. The van der Waals surface area contributed by atoms with Crippen molar-refractivity contribution >= 4 is 11.4 Å². The van der Waals surface area contributed by atoms with Crippen molar-refractivity contribution in [3.63, 3.8) is 0 Å². The predicted octanol–water partition coefficient (Wildman–Crippen LogP) is 1.43. The van der Waals surface area contributed by atoms with E-state index in [1.165, 1.54) is 25.3 Å². The Morgan fingerprint density at radius 2 is 2.38 bits per heavy atom. The highest BCUT2D eigenvalue weighted by molar-refractivity contribution is 5.68. The number of nitriles is 1. The molecule has 0 spiro atoms. The van der Waals surface area contributed by atoms with Crippen LogP contribution in [0.15, 0.2) is 24.3 Å². The summed E-state index contributed by atoms with van der Waals surface area (Å²) >= 11 is 0. The number of nitrogens with two attached hydrogens (primary N) is 1. The third kappa shape index (κ3) is 2.27. The molecule has 0 saturated carbocycles. The van der Waals surface area contributed by atoms with Gasteiger partial charge in [-0.2, -0.15) is 5.26 Å². The maximum atomic E-state index is 10.6. The minimum Gasteiger partial charge on any atom is -0.490 e. The Hall–Kier alpha value is -2.55. The van der Waals surface area contributed by atoms with E-state index in [4.69, 9.17) is 15.7 Å². The number of methoxy groups -OCH3 is 1. The van der Waals surface area contributed by atoms with Gasteiger partial charge in [0.05, 0.1) is 18.1 Å². The first-order chi connectivity index (χ1) is 7.60. The average molecular weight is 219 g/mol. The van der Waals surface area contributed by atoms with Gasteiger partial charge in [-0.15, -0.1) is 0 Å². The van der Waals surface area contributed by atoms with Crippen LogP contribution < -0.4 is 10.5 Å². The molecule has 1 aromatic carbocycles. The van der Waals surface area contributed by atoms with Gasteiger partial charge in [-0.05, 0) is 12.1 Å². The summed E-state index contributed by atoms with van der Waals surface area (Å²) in [5.41, 5.74) is 6.16. The van der Waals surface area contributed by atoms with Gasteiger partial charge in [-0.1, -0.05) is 0 Å². The van der Waals surface area contributed by atoms with Crippen LogP contribution in [-0.4, -0.2) is 12.0 Å². The Morgan fingerprint density at radius 3 is 2.88 bits per heavy atom. The first kappa shape index (κ1) is 11.5. The quantitative estimate of drug-likeness (QED) is 0.470. The lowest BCUT2D eigenvalue weighted by molar-refractivity contribution is -0.385. The van der Waals surface area contributed by atoms with Crippen LogP contribution >= 0.6 is 0 Å². The molecule has 0 unspecified atom stereocenters. The summed E-state index contributed by atoms with van der Waals surface area (Å²) in [5.74, 6) is 0.108. The van der Waals surface area contributed by atoms with E-state index in [2.05, 4.69) is 0 Å². The summed E-state index contributed by atoms with van der Waals surface area (Å²) < 4.78 is 4.87. The zero-order chi connectivity index (χ0) is 12.1. The number of nitro benzene ring substituents is 1. The van der Waals surface area contributed by atoms with Gasteiger partial charge in [0.1, 0.15) is 0 Å². The van der Waals surface area contributed by atoms with Crippen molar-refractivity contribution < 1.29 is 9.66 Å². The van der Waals surface area contributed by atoms with Crippen LogP contribution in [0.25, 0.3) is 5.70 Å². The van der Waals surface area contributed by atoms with Gasteiger partial charge in [0.2, 0.25) is 0 Å². The average Bonchev–Trinajstić information content (AvgIpc) is 2.28. The minimum absolute atomic E-state index is 0.108. The minimum atomic E-state index is -0.549. The number of allylic oxidation sites excluding steroid dienone is 1. The van der Waals surface area contributed by atoms with Crippen LogP contribution in [0.2, 0.25) is 0 Å². The van der Waals surface area contributed by atoms with Crippen molar-refractivity contribution in [3.8, 4) is 11.8 Å². The fourth-order valence-electron chi connectivity index (χ4n) is 1.16. The molecular weight excluding hydrogens is 210 g/mol. The summed E-state index contributed by atoms with van der Waals surface area (Å²) in [6, 6.07) is 5.94. The first-order valence-corrected chi connectivity index (χ1v) is 4.28. The Morgan fingerprint density at radius 1 is 1.69 bits per heavy atom. The lowest BCUT2D eigenvalue weighted by atomic mass is 10.1. The standard InChI is InChI=1S/C10H9N3O3/c1-16-10-6-7(8(12)4-5-11)2-3-9(10)13(14)15/h2-4,6H,12H2,1H3/b8-4-.